The zero-order chi connectivity index (χ0) is 20.0. The Morgan fingerprint density at radius 3 is 2.76 bits per heavy atom. The number of aromatic amines is 1. The van der Waals surface area contributed by atoms with Crippen molar-refractivity contribution in [3.63, 3.8) is 0 Å². The Labute approximate surface area is 164 Å². The summed E-state index contributed by atoms with van der Waals surface area (Å²) in [5, 5.41) is 4.42. The monoisotopic (exact) mass is 394 g/mol. The summed E-state index contributed by atoms with van der Waals surface area (Å²) in [6.07, 6.45) is 6.54. The van der Waals surface area contributed by atoms with Crippen molar-refractivity contribution in [1.82, 2.24) is 20.0 Å². The van der Waals surface area contributed by atoms with E-state index in [0.29, 0.717) is 27.7 Å². The summed E-state index contributed by atoms with van der Waals surface area (Å²) >= 11 is 0. The number of pyridine rings is 1. The second-order valence-corrected chi connectivity index (χ2v) is 6.99. The Kier molecular flexibility index (Phi) is 4.12. The molecule has 6 nitrogen and oxygen atoms in total. The van der Waals surface area contributed by atoms with Gasteiger partial charge in [0.1, 0.15) is 5.65 Å². The molecule has 4 aromatic rings. The molecule has 0 saturated carbocycles. The fourth-order valence-corrected chi connectivity index (χ4v) is 3.75. The first-order valence-corrected chi connectivity index (χ1v) is 9.29. The average Bonchev–Trinajstić information content (AvgIpc) is 3.49. The summed E-state index contributed by atoms with van der Waals surface area (Å²) in [6, 6.07) is 5.68. The van der Waals surface area contributed by atoms with Crippen LogP contribution in [-0.4, -0.2) is 39.0 Å². The lowest BCUT2D eigenvalue weighted by atomic mass is 10.0. The Balaban J connectivity index is 1.62. The van der Waals surface area contributed by atoms with Gasteiger partial charge in [-0.1, -0.05) is 17.3 Å². The predicted molar refractivity (Wildman–Crippen MR) is 102 cm³/mol. The molecule has 1 aliphatic heterocycles. The van der Waals surface area contributed by atoms with E-state index in [2.05, 4.69) is 15.1 Å². The summed E-state index contributed by atoms with van der Waals surface area (Å²) in [7, 11) is 0. The van der Waals surface area contributed by atoms with Gasteiger partial charge in [0.15, 0.2) is 17.4 Å². The lowest BCUT2D eigenvalue weighted by Crippen LogP contribution is -2.27. The van der Waals surface area contributed by atoms with E-state index in [1.807, 2.05) is 0 Å². The minimum Gasteiger partial charge on any atom is -0.356 e. The van der Waals surface area contributed by atoms with Crippen LogP contribution < -0.4 is 0 Å². The minimum absolute atomic E-state index is 0.0489. The van der Waals surface area contributed by atoms with Crippen molar-refractivity contribution in [2.75, 3.05) is 13.1 Å². The number of likely N-dealkylation sites (tertiary alicyclic amines) is 1. The van der Waals surface area contributed by atoms with Crippen LogP contribution in [0.4, 0.5) is 8.78 Å². The SMILES string of the molecule is O=C(c1cnc2[nH]cc(-c3oncc3-c3cccc(F)c3F)c2c1)N1CCCC1. The molecule has 0 spiro atoms. The van der Waals surface area contributed by atoms with E-state index in [9.17, 15) is 13.6 Å². The van der Waals surface area contributed by atoms with Crippen molar-refractivity contribution >= 4 is 16.9 Å². The fraction of sp³-hybridized carbons (Fsp3) is 0.190. The van der Waals surface area contributed by atoms with Crippen LogP contribution in [0.5, 0.6) is 0 Å². The fourth-order valence-electron chi connectivity index (χ4n) is 3.75. The zero-order valence-corrected chi connectivity index (χ0v) is 15.3. The molecule has 1 fully saturated rings. The Morgan fingerprint density at radius 2 is 1.93 bits per heavy atom. The van der Waals surface area contributed by atoms with Gasteiger partial charge < -0.3 is 14.4 Å². The van der Waals surface area contributed by atoms with Gasteiger partial charge in [-0.3, -0.25) is 4.79 Å². The molecule has 1 N–H and O–H groups in total. The van der Waals surface area contributed by atoms with Crippen LogP contribution in [0.15, 0.2) is 47.4 Å². The molecule has 0 unspecified atom stereocenters. The number of hydrogen-bond acceptors (Lipinski definition) is 4. The second kappa shape index (κ2) is 6.80. The molecule has 0 atom stereocenters. The number of benzene rings is 1. The standard InChI is InChI=1S/C21H16F2N4O2/c22-17-5-3-4-13(18(17)23)16-11-26-29-19(16)15-10-25-20-14(15)8-12(9-24-20)21(28)27-6-1-2-7-27/h3-5,8-11H,1-2,6-7H2,(H,24,25). The molecule has 0 bridgehead atoms. The number of carbonyl (C=O) groups excluding carboxylic acids is 1. The topological polar surface area (TPSA) is 75.0 Å². The number of H-pyrrole nitrogens is 1. The molecular formula is C21H16F2N4O2. The smallest absolute Gasteiger partial charge is 0.255 e. The van der Waals surface area contributed by atoms with Gasteiger partial charge in [-0.15, -0.1) is 0 Å². The second-order valence-electron chi connectivity index (χ2n) is 6.99. The number of fused-ring (bicyclic) bond motifs is 1. The molecule has 1 saturated heterocycles. The average molecular weight is 394 g/mol. The number of hydrogen-bond donors (Lipinski definition) is 1. The molecule has 5 rings (SSSR count). The highest BCUT2D eigenvalue weighted by atomic mass is 19.2. The van der Waals surface area contributed by atoms with Gasteiger partial charge in [0.05, 0.1) is 17.3 Å². The number of nitrogens with zero attached hydrogens (tertiary/aromatic N) is 3. The van der Waals surface area contributed by atoms with Crippen LogP contribution in [0.1, 0.15) is 23.2 Å². The molecule has 146 valence electrons. The van der Waals surface area contributed by atoms with E-state index >= 15 is 0 Å². The van der Waals surface area contributed by atoms with E-state index < -0.39 is 11.6 Å². The zero-order valence-electron chi connectivity index (χ0n) is 15.3. The van der Waals surface area contributed by atoms with E-state index in [1.54, 1.807) is 17.2 Å². The minimum atomic E-state index is -0.972. The molecule has 0 radical (unpaired) electrons. The Hall–Kier alpha value is -3.55. The molecule has 1 aromatic carbocycles. The van der Waals surface area contributed by atoms with Gasteiger partial charge in [-0.25, -0.2) is 13.8 Å². The summed E-state index contributed by atoms with van der Waals surface area (Å²) < 4.78 is 33.4. The van der Waals surface area contributed by atoms with Crippen LogP contribution in [-0.2, 0) is 0 Å². The molecule has 0 aliphatic carbocycles. The van der Waals surface area contributed by atoms with Crippen molar-refractivity contribution in [2.24, 2.45) is 0 Å². The van der Waals surface area contributed by atoms with E-state index in [1.165, 1.54) is 24.5 Å². The number of halogens is 2. The highest BCUT2D eigenvalue weighted by Crippen LogP contribution is 2.37. The third-order valence-corrected chi connectivity index (χ3v) is 5.23. The maximum absolute atomic E-state index is 14.3. The maximum atomic E-state index is 14.3. The highest BCUT2D eigenvalue weighted by molar-refractivity contribution is 6.02. The summed E-state index contributed by atoms with van der Waals surface area (Å²) in [4.78, 5) is 21.9. The van der Waals surface area contributed by atoms with Crippen LogP contribution in [0, 0.1) is 11.6 Å². The van der Waals surface area contributed by atoms with Gasteiger partial charge in [0.25, 0.3) is 5.91 Å². The first-order chi connectivity index (χ1) is 14.1. The molecule has 4 heterocycles. The van der Waals surface area contributed by atoms with E-state index in [-0.39, 0.29) is 17.2 Å². The van der Waals surface area contributed by atoms with Gasteiger partial charge >= 0.3 is 0 Å². The normalized spacial score (nSPS) is 14.1. The first-order valence-electron chi connectivity index (χ1n) is 9.29. The largest absolute Gasteiger partial charge is 0.356 e. The quantitative estimate of drug-likeness (QED) is 0.559. The van der Waals surface area contributed by atoms with Gasteiger partial charge in [0.2, 0.25) is 0 Å². The maximum Gasteiger partial charge on any atom is 0.255 e. The summed E-state index contributed by atoms with van der Waals surface area (Å²) in [5.74, 6) is -1.72. The van der Waals surface area contributed by atoms with Crippen molar-refractivity contribution < 1.29 is 18.1 Å². The number of nitrogens with one attached hydrogen (secondary N) is 1. The van der Waals surface area contributed by atoms with Crippen molar-refractivity contribution in [3.8, 4) is 22.5 Å². The van der Waals surface area contributed by atoms with E-state index in [0.717, 1.165) is 32.0 Å². The molecule has 1 aliphatic rings. The number of amides is 1. The van der Waals surface area contributed by atoms with Crippen molar-refractivity contribution in [2.45, 2.75) is 12.8 Å². The van der Waals surface area contributed by atoms with Crippen LogP contribution in [0.25, 0.3) is 33.5 Å². The van der Waals surface area contributed by atoms with Gasteiger partial charge in [-0.05, 0) is 25.0 Å². The summed E-state index contributed by atoms with van der Waals surface area (Å²) in [6.45, 7) is 1.48. The van der Waals surface area contributed by atoms with Crippen molar-refractivity contribution in [1.29, 1.82) is 0 Å². The first kappa shape index (κ1) is 17.5. The molecular weight excluding hydrogens is 378 g/mol. The lowest BCUT2D eigenvalue weighted by Gasteiger charge is -2.14. The Bertz CT molecular complexity index is 1220. The molecule has 1 amide bonds. The number of carbonyl (C=O) groups is 1. The van der Waals surface area contributed by atoms with Crippen LogP contribution >= 0.6 is 0 Å². The van der Waals surface area contributed by atoms with Crippen molar-refractivity contribution in [3.05, 3.63) is 60.1 Å². The van der Waals surface area contributed by atoms with Gasteiger partial charge in [0, 0.05) is 42.0 Å². The molecule has 8 heteroatoms. The Morgan fingerprint density at radius 1 is 1.10 bits per heavy atom. The number of aromatic nitrogens is 3. The number of rotatable bonds is 3. The van der Waals surface area contributed by atoms with Crippen LogP contribution in [0.2, 0.25) is 0 Å². The highest BCUT2D eigenvalue weighted by Gasteiger charge is 2.23. The third kappa shape index (κ3) is 2.88. The molecule has 3 aromatic heterocycles. The predicted octanol–water partition coefficient (Wildman–Crippen LogP) is 4.40. The third-order valence-electron chi connectivity index (χ3n) is 5.23. The lowest BCUT2D eigenvalue weighted by molar-refractivity contribution is 0.0792. The van der Waals surface area contributed by atoms with E-state index in [4.69, 9.17) is 4.52 Å². The van der Waals surface area contributed by atoms with Gasteiger partial charge in [-0.2, -0.15) is 0 Å². The summed E-state index contributed by atoms with van der Waals surface area (Å²) in [5.41, 5.74) is 1.96. The molecule has 29 heavy (non-hydrogen) atoms. The van der Waals surface area contributed by atoms with Crippen LogP contribution in [0.3, 0.4) is 0 Å².